The van der Waals surface area contributed by atoms with E-state index >= 15 is 0 Å². The molecule has 0 aliphatic heterocycles. The van der Waals surface area contributed by atoms with Gasteiger partial charge in [-0.15, -0.1) is 16.0 Å². The number of amides is 2. The maximum absolute atomic E-state index is 11.8. The molecular formula is C6H9ClFNO2. The van der Waals surface area contributed by atoms with Gasteiger partial charge >= 0.3 is 6.16 Å². The number of carbonyl (C=O) groups excluding carboxylic acids is 2. The molecule has 0 aromatic heterocycles. The lowest BCUT2D eigenvalue weighted by Crippen LogP contribution is -2.35. The van der Waals surface area contributed by atoms with E-state index in [4.69, 9.17) is 11.6 Å². The van der Waals surface area contributed by atoms with Crippen molar-refractivity contribution in [3.8, 4) is 0 Å². The maximum atomic E-state index is 11.8. The molecule has 0 fully saturated rings. The number of rotatable bonds is 2. The highest BCUT2D eigenvalue weighted by molar-refractivity contribution is 6.31. The Morgan fingerprint density at radius 2 is 2.09 bits per heavy atom. The summed E-state index contributed by atoms with van der Waals surface area (Å²) in [5, 5.41) is -0.820. The summed E-state index contributed by atoms with van der Waals surface area (Å²) in [5.74, 6) is -0.707. The molecule has 5 heteroatoms. The molecule has 0 heterocycles. The fraction of sp³-hybridized carbons (Fsp3) is 0.667. The maximum Gasteiger partial charge on any atom is 0.406 e. The van der Waals surface area contributed by atoms with Crippen molar-refractivity contribution in [2.24, 2.45) is 0 Å². The van der Waals surface area contributed by atoms with Gasteiger partial charge in [0.25, 0.3) is 0 Å². The van der Waals surface area contributed by atoms with Crippen LogP contribution in [0.15, 0.2) is 0 Å². The summed E-state index contributed by atoms with van der Waals surface area (Å²) in [6.45, 7) is 1.67. The van der Waals surface area contributed by atoms with Gasteiger partial charge in [0.2, 0.25) is 5.91 Å². The van der Waals surface area contributed by atoms with E-state index in [2.05, 4.69) is 0 Å². The molecule has 0 saturated carbocycles. The molecule has 0 N–H and O–H groups in total. The minimum atomic E-state index is -1.78. The van der Waals surface area contributed by atoms with Crippen LogP contribution in [0.25, 0.3) is 0 Å². The van der Waals surface area contributed by atoms with E-state index in [0.29, 0.717) is 11.3 Å². The number of halogens is 2. The Labute approximate surface area is 69.1 Å². The first kappa shape index (κ1) is 10.4. The van der Waals surface area contributed by atoms with Gasteiger partial charge in [-0.2, -0.15) is 0 Å². The molecule has 1 atom stereocenters. The molecular weight excluding hydrogens is 173 g/mol. The van der Waals surface area contributed by atoms with Crippen LogP contribution < -0.4 is 0 Å². The predicted molar refractivity (Wildman–Crippen MR) is 39.2 cm³/mol. The summed E-state index contributed by atoms with van der Waals surface area (Å²) in [7, 11) is 1.05. The first-order valence-electron chi connectivity index (χ1n) is 3.11. The Hall–Kier alpha value is -0.640. The van der Waals surface area contributed by atoms with Crippen LogP contribution in [0.1, 0.15) is 13.3 Å². The highest BCUT2D eigenvalue weighted by Gasteiger charge is 2.22. The van der Waals surface area contributed by atoms with E-state index in [-0.39, 0.29) is 0 Å². The molecule has 0 radical (unpaired) electrons. The average molecular weight is 182 g/mol. The number of hydrogen-bond donors (Lipinski definition) is 0. The third-order valence-corrected chi connectivity index (χ3v) is 1.72. The van der Waals surface area contributed by atoms with Crippen molar-refractivity contribution in [1.82, 2.24) is 4.90 Å². The highest BCUT2D eigenvalue weighted by atomic mass is 35.5. The average Bonchev–Trinajstić information content (AvgIpc) is 2.00. The Bertz CT molecular complexity index is 174. The van der Waals surface area contributed by atoms with E-state index in [1.165, 1.54) is 0 Å². The van der Waals surface area contributed by atoms with Gasteiger partial charge in [-0.1, -0.05) is 6.92 Å². The van der Waals surface area contributed by atoms with Gasteiger partial charge in [0.1, 0.15) is 5.38 Å². The molecule has 64 valence electrons. The summed E-state index contributed by atoms with van der Waals surface area (Å²) >= 11 is 5.44. The normalized spacial score (nSPS) is 12.4. The van der Waals surface area contributed by atoms with Crippen LogP contribution in [0.5, 0.6) is 0 Å². The van der Waals surface area contributed by atoms with E-state index < -0.39 is 17.4 Å². The van der Waals surface area contributed by atoms with Crippen molar-refractivity contribution in [3.05, 3.63) is 0 Å². The zero-order valence-corrected chi connectivity index (χ0v) is 7.06. The standard InChI is InChI=1S/C6H9ClFNO2/c1-3-4(7)5(10)9(2)6(8)11/h4H,3H2,1-2H3. The quantitative estimate of drug-likeness (QED) is 0.368. The number of imide groups is 1. The second-order valence-electron chi connectivity index (χ2n) is 2.03. The Kier molecular flexibility index (Phi) is 4.03. The molecule has 0 saturated heterocycles. The topological polar surface area (TPSA) is 37.4 Å². The minimum absolute atomic E-state index is 0.362. The Morgan fingerprint density at radius 1 is 1.64 bits per heavy atom. The second-order valence-corrected chi connectivity index (χ2v) is 2.55. The van der Waals surface area contributed by atoms with Crippen LogP contribution in [-0.4, -0.2) is 29.4 Å². The molecule has 2 amide bonds. The smallest absolute Gasteiger partial charge is 0.273 e. The fourth-order valence-electron chi connectivity index (χ4n) is 0.471. The summed E-state index contributed by atoms with van der Waals surface area (Å²) in [6.07, 6.45) is -1.41. The molecule has 0 aliphatic carbocycles. The van der Waals surface area contributed by atoms with Crippen LogP contribution in [0, 0.1) is 0 Å². The lowest BCUT2D eigenvalue weighted by Gasteiger charge is -2.12. The summed E-state index contributed by atoms with van der Waals surface area (Å²) in [6, 6.07) is 0. The van der Waals surface area contributed by atoms with Gasteiger partial charge in [-0.25, -0.2) is 4.79 Å². The molecule has 3 nitrogen and oxygen atoms in total. The fourth-order valence-corrected chi connectivity index (χ4v) is 0.618. The number of carbonyl (C=O) groups is 2. The van der Waals surface area contributed by atoms with E-state index in [1.54, 1.807) is 6.92 Å². The van der Waals surface area contributed by atoms with E-state index in [1.807, 2.05) is 0 Å². The lowest BCUT2D eigenvalue weighted by atomic mass is 10.3. The largest absolute Gasteiger partial charge is 0.406 e. The van der Waals surface area contributed by atoms with Gasteiger partial charge in [-0.3, -0.25) is 9.69 Å². The van der Waals surface area contributed by atoms with Crippen molar-refractivity contribution in [1.29, 1.82) is 0 Å². The molecule has 0 aliphatic rings. The number of hydrogen-bond acceptors (Lipinski definition) is 2. The molecule has 11 heavy (non-hydrogen) atoms. The SMILES string of the molecule is CCC(Cl)C(=O)N(C)C(=O)F. The van der Waals surface area contributed by atoms with Crippen LogP contribution >= 0.6 is 11.6 Å². The van der Waals surface area contributed by atoms with Crippen molar-refractivity contribution in [2.75, 3.05) is 7.05 Å². The van der Waals surface area contributed by atoms with Gasteiger partial charge in [0.05, 0.1) is 0 Å². The molecule has 0 aromatic rings. The molecule has 0 bridgehead atoms. The third-order valence-electron chi connectivity index (χ3n) is 1.22. The van der Waals surface area contributed by atoms with Gasteiger partial charge in [0, 0.05) is 7.05 Å². The van der Waals surface area contributed by atoms with Crippen molar-refractivity contribution >= 4 is 23.7 Å². The van der Waals surface area contributed by atoms with Gasteiger partial charge in [-0.05, 0) is 6.42 Å². The van der Waals surface area contributed by atoms with Crippen LogP contribution in [0.2, 0.25) is 0 Å². The van der Waals surface area contributed by atoms with Crippen molar-refractivity contribution in [3.63, 3.8) is 0 Å². The Balaban J connectivity index is 4.13. The van der Waals surface area contributed by atoms with Crippen molar-refractivity contribution < 1.29 is 14.0 Å². The summed E-state index contributed by atoms with van der Waals surface area (Å²) in [5.41, 5.74) is 0. The second kappa shape index (κ2) is 4.28. The number of alkyl halides is 1. The summed E-state index contributed by atoms with van der Waals surface area (Å²) < 4.78 is 11.8. The van der Waals surface area contributed by atoms with Gasteiger partial charge < -0.3 is 0 Å². The van der Waals surface area contributed by atoms with Crippen LogP contribution in [-0.2, 0) is 4.79 Å². The number of nitrogens with zero attached hydrogens (tertiary/aromatic N) is 1. The van der Waals surface area contributed by atoms with Crippen LogP contribution in [0.4, 0.5) is 9.18 Å². The molecule has 0 spiro atoms. The highest BCUT2D eigenvalue weighted by Crippen LogP contribution is 2.05. The summed E-state index contributed by atoms with van der Waals surface area (Å²) in [4.78, 5) is 21.2. The lowest BCUT2D eigenvalue weighted by molar-refractivity contribution is -0.127. The third kappa shape index (κ3) is 2.84. The van der Waals surface area contributed by atoms with Crippen molar-refractivity contribution in [2.45, 2.75) is 18.7 Å². The monoisotopic (exact) mass is 181 g/mol. The molecule has 1 unspecified atom stereocenters. The van der Waals surface area contributed by atoms with E-state index in [0.717, 1.165) is 7.05 Å². The van der Waals surface area contributed by atoms with Crippen LogP contribution in [0.3, 0.4) is 0 Å². The molecule has 0 aromatic carbocycles. The van der Waals surface area contributed by atoms with E-state index in [9.17, 15) is 14.0 Å². The minimum Gasteiger partial charge on any atom is -0.273 e. The Morgan fingerprint density at radius 3 is 2.36 bits per heavy atom. The first-order chi connectivity index (χ1) is 5.00. The molecule has 0 rings (SSSR count). The predicted octanol–water partition coefficient (Wildman–Crippen LogP) is 1.55. The zero-order chi connectivity index (χ0) is 9.02. The first-order valence-corrected chi connectivity index (χ1v) is 3.55. The zero-order valence-electron chi connectivity index (χ0n) is 6.30. The van der Waals surface area contributed by atoms with Gasteiger partial charge in [0.15, 0.2) is 0 Å².